The third kappa shape index (κ3) is 3.10. The fraction of sp³-hybridized carbons (Fsp3) is 0.429. The van der Waals surface area contributed by atoms with Gasteiger partial charge in [-0.2, -0.15) is 0 Å². The second kappa shape index (κ2) is 5.82. The molecule has 1 fully saturated rings. The molecule has 0 spiro atoms. The minimum Gasteiger partial charge on any atom is -0.496 e. The molecule has 0 aliphatic carbocycles. The summed E-state index contributed by atoms with van der Waals surface area (Å²) in [6.45, 7) is 0.275. The lowest BCUT2D eigenvalue weighted by atomic mass is 10.1. The highest BCUT2D eigenvalue weighted by atomic mass is 19.1. The Bertz CT molecular complexity index is 485. The topological polar surface area (TPSA) is 46.6 Å². The van der Waals surface area contributed by atoms with E-state index in [4.69, 9.17) is 4.74 Å². The van der Waals surface area contributed by atoms with E-state index in [0.29, 0.717) is 37.0 Å². The van der Waals surface area contributed by atoms with E-state index in [1.54, 1.807) is 6.07 Å². The maximum Gasteiger partial charge on any atom is 0.229 e. The lowest BCUT2D eigenvalue weighted by Crippen LogP contribution is -2.41. The molecule has 1 heterocycles. The van der Waals surface area contributed by atoms with Crippen molar-refractivity contribution in [3.63, 3.8) is 0 Å². The molecule has 4 nitrogen and oxygen atoms in total. The highest BCUT2D eigenvalue weighted by molar-refractivity contribution is 5.97. The Morgan fingerprint density at radius 3 is 2.58 bits per heavy atom. The predicted molar refractivity (Wildman–Crippen MR) is 67.2 cm³/mol. The molecule has 0 atom stereocenters. The van der Waals surface area contributed by atoms with Crippen molar-refractivity contribution in [1.29, 1.82) is 0 Å². The summed E-state index contributed by atoms with van der Waals surface area (Å²) < 4.78 is 18.3. The number of hydrogen-bond donors (Lipinski definition) is 0. The van der Waals surface area contributed by atoms with Crippen molar-refractivity contribution in [2.45, 2.75) is 25.7 Å². The zero-order valence-corrected chi connectivity index (χ0v) is 10.8. The van der Waals surface area contributed by atoms with Crippen LogP contribution in [-0.2, 0) is 16.0 Å². The molecular weight excluding hydrogens is 249 g/mol. The number of carbonyl (C=O) groups is 2. The van der Waals surface area contributed by atoms with Gasteiger partial charge in [0, 0.05) is 19.4 Å². The lowest BCUT2D eigenvalue weighted by Gasteiger charge is -2.25. The number of hydrogen-bond acceptors (Lipinski definition) is 3. The molecule has 5 heteroatoms. The Morgan fingerprint density at radius 1 is 1.26 bits per heavy atom. The van der Waals surface area contributed by atoms with E-state index in [1.165, 1.54) is 24.1 Å². The van der Waals surface area contributed by atoms with E-state index >= 15 is 0 Å². The van der Waals surface area contributed by atoms with Gasteiger partial charge in [-0.15, -0.1) is 0 Å². The molecule has 0 aromatic heterocycles. The Hall–Kier alpha value is -1.91. The fourth-order valence-corrected chi connectivity index (χ4v) is 2.22. The maximum absolute atomic E-state index is 13.2. The zero-order chi connectivity index (χ0) is 13.8. The van der Waals surface area contributed by atoms with Crippen molar-refractivity contribution in [3.05, 3.63) is 29.6 Å². The first-order chi connectivity index (χ1) is 9.11. The highest BCUT2D eigenvalue weighted by Crippen LogP contribution is 2.21. The molecule has 0 bridgehead atoms. The normalized spacial score (nSPS) is 15.8. The molecule has 2 rings (SSSR count). The van der Waals surface area contributed by atoms with Gasteiger partial charge in [-0.05, 0) is 36.6 Å². The first-order valence-corrected chi connectivity index (χ1v) is 6.27. The summed E-state index contributed by atoms with van der Waals surface area (Å²) in [5, 5.41) is 0. The molecule has 102 valence electrons. The number of ether oxygens (including phenoxy) is 1. The number of piperidine rings is 1. The average Bonchev–Trinajstić information content (AvgIpc) is 2.38. The quantitative estimate of drug-likeness (QED) is 0.781. The van der Waals surface area contributed by atoms with E-state index in [-0.39, 0.29) is 24.2 Å². The Balaban J connectivity index is 2.07. The number of likely N-dealkylation sites (tertiary alicyclic amines) is 1. The summed E-state index contributed by atoms with van der Waals surface area (Å²) in [5.41, 5.74) is 0.661. The second-order valence-electron chi connectivity index (χ2n) is 4.50. The van der Waals surface area contributed by atoms with Crippen molar-refractivity contribution in [2.24, 2.45) is 0 Å². The fourth-order valence-electron chi connectivity index (χ4n) is 2.22. The third-order valence-electron chi connectivity index (χ3n) is 3.23. The van der Waals surface area contributed by atoms with Gasteiger partial charge in [0.2, 0.25) is 11.8 Å². The molecule has 2 amide bonds. The van der Waals surface area contributed by atoms with Gasteiger partial charge in [0.05, 0.1) is 7.11 Å². The Morgan fingerprint density at radius 2 is 1.95 bits per heavy atom. The lowest BCUT2D eigenvalue weighted by molar-refractivity contribution is -0.147. The largest absolute Gasteiger partial charge is 0.496 e. The summed E-state index contributed by atoms with van der Waals surface area (Å²) in [5.74, 6) is -0.0800. The monoisotopic (exact) mass is 265 g/mol. The third-order valence-corrected chi connectivity index (χ3v) is 3.23. The van der Waals surface area contributed by atoms with Gasteiger partial charge < -0.3 is 4.74 Å². The van der Waals surface area contributed by atoms with E-state index in [0.717, 1.165) is 0 Å². The van der Waals surface area contributed by atoms with Crippen LogP contribution in [0.4, 0.5) is 4.39 Å². The van der Waals surface area contributed by atoms with E-state index in [1.807, 2.05) is 0 Å². The maximum atomic E-state index is 13.2. The van der Waals surface area contributed by atoms with Crippen LogP contribution in [0.1, 0.15) is 24.8 Å². The predicted octanol–water partition coefficient (Wildman–Crippen LogP) is 1.92. The van der Waals surface area contributed by atoms with Crippen molar-refractivity contribution in [2.75, 3.05) is 13.7 Å². The molecule has 19 heavy (non-hydrogen) atoms. The average molecular weight is 265 g/mol. The Kier molecular flexibility index (Phi) is 4.14. The molecule has 0 unspecified atom stereocenters. The molecule has 0 radical (unpaired) electrons. The first-order valence-electron chi connectivity index (χ1n) is 6.27. The van der Waals surface area contributed by atoms with Gasteiger partial charge in [0.15, 0.2) is 0 Å². The van der Waals surface area contributed by atoms with E-state index in [9.17, 15) is 14.0 Å². The molecule has 1 aliphatic rings. The van der Waals surface area contributed by atoms with Crippen LogP contribution in [0.15, 0.2) is 18.2 Å². The highest BCUT2D eigenvalue weighted by Gasteiger charge is 2.25. The second-order valence-corrected chi connectivity index (χ2v) is 4.50. The molecule has 1 aromatic carbocycles. The summed E-state index contributed by atoms with van der Waals surface area (Å²) in [6.07, 6.45) is 1.84. The van der Waals surface area contributed by atoms with Gasteiger partial charge in [-0.25, -0.2) is 4.39 Å². The summed E-state index contributed by atoms with van der Waals surface area (Å²) in [6, 6.07) is 4.24. The Labute approximate surface area is 111 Å². The SMILES string of the molecule is COc1ccc(F)cc1CCN1C(=O)CCCC1=O. The van der Waals surface area contributed by atoms with Gasteiger partial charge in [0.25, 0.3) is 0 Å². The number of imide groups is 1. The van der Waals surface area contributed by atoms with Crippen LogP contribution >= 0.6 is 0 Å². The minimum atomic E-state index is -0.355. The van der Waals surface area contributed by atoms with Crippen LogP contribution < -0.4 is 4.74 Å². The number of nitrogens with zero attached hydrogens (tertiary/aromatic N) is 1. The molecule has 1 aliphatic heterocycles. The first kappa shape index (κ1) is 13.5. The van der Waals surface area contributed by atoms with Crippen LogP contribution in [0.25, 0.3) is 0 Å². The van der Waals surface area contributed by atoms with Crippen molar-refractivity contribution >= 4 is 11.8 Å². The van der Waals surface area contributed by atoms with Gasteiger partial charge in [-0.1, -0.05) is 0 Å². The molecule has 0 saturated carbocycles. The molecule has 1 saturated heterocycles. The van der Waals surface area contributed by atoms with Crippen LogP contribution in [0.2, 0.25) is 0 Å². The van der Waals surface area contributed by atoms with Crippen molar-refractivity contribution in [3.8, 4) is 5.75 Å². The van der Waals surface area contributed by atoms with E-state index < -0.39 is 0 Å². The van der Waals surface area contributed by atoms with Crippen molar-refractivity contribution in [1.82, 2.24) is 4.90 Å². The zero-order valence-electron chi connectivity index (χ0n) is 10.8. The van der Waals surface area contributed by atoms with Crippen LogP contribution in [0.5, 0.6) is 5.75 Å². The standard InChI is InChI=1S/C14H16FNO3/c1-19-12-6-5-11(15)9-10(12)7-8-16-13(17)3-2-4-14(16)18/h5-6,9H,2-4,7-8H2,1H3. The van der Waals surface area contributed by atoms with Crippen LogP contribution in [0.3, 0.4) is 0 Å². The van der Waals surface area contributed by atoms with Crippen molar-refractivity contribution < 1.29 is 18.7 Å². The number of benzene rings is 1. The van der Waals surface area contributed by atoms with Crippen LogP contribution in [0, 0.1) is 5.82 Å². The van der Waals surface area contributed by atoms with Gasteiger partial charge in [0.1, 0.15) is 11.6 Å². The smallest absolute Gasteiger partial charge is 0.229 e. The minimum absolute atomic E-state index is 0.147. The summed E-state index contributed by atoms with van der Waals surface area (Å²) >= 11 is 0. The number of halogens is 1. The van der Waals surface area contributed by atoms with Gasteiger partial charge >= 0.3 is 0 Å². The van der Waals surface area contributed by atoms with Gasteiger partial charge in [-0.3, -0.25) is 14.5 Å². The number of rotatable bonds is 4. The van der Waals surface area contributed by atoms with Crippen LogP contribution in [-0.4, -0.2) is 30.4 Å². The molecule has 0 N–H and O–H groups in total. The summed E-state index contributed by atoms with van der Waals surface area (Å²) in [7, 11) is 1.51. The summed E-state index contributed by atoms with van der Waals surface area (Å²) in [4.78, 5) is 24.6. The number of amides is 2. The molecule has 1 aromatic rings. The number of methoxy groups -OCH3 is 1. The van der Waals surface area contributed by atoms with E-state index in [2.05, 4.69) is 0 Å². The molecular formula is C14H16FNO3. The number of carbonyl (C=O) groups excluding carboxylic acids is 2.